The van der Waals surface area contributed by atoms with Crippen LogP contribution in [-0.4, -0.2) is 29.2 Å². The number of carbonyl (C=O) groups is 2. The van der Waals surface area contributed by atoms with Crippen LogP contribution >= 0.6 is 34.7 Å². The molecule has 1 saturated heterocycles. The molecule has 0 bridgehead atoms. The summed E-state index contributed by atoms with van der Waals surface area (Å²) in [5.41, 5.74) is 0.294. The van der Waals surface area contributed by atoms with E-state index in [0.29, 0.717) is 32.0 Å². The van der Waals surface area contributed by atoms with Crippen LogP contribution in [0.5, 0.6) is 11.5 Å². The summed E-state index contributed by atoms with van der Waals surface area (Å²) in [5, 5.41) is 0.0578. The molecule has 2 amide bonds. The second kappa shape index (κ2) is 10.8. The van der Waals surface area contributed by atoms with E-state index < -0.39 is 40.6 Å². The largest absolute Gasteiger partial charge is 0.493 e. The lowest BCUT2D eigenvalue weighted by Crippen LogP contribution is -2.32. The van der Waals surface area contributed by atoms with Gasteiger partial charge in [-0.05, 0) is 53.6 Å². The number of thiazole rings is 1. The van der Waals surface area contributed by atoms with E-state index in [4.69, 9.17) is 21.1 Å². The van der Waals surface area contributed by atoms with Crippen LogP contribution in [0.4, 0.5) is 18.9 Å². The molecule has 42 heavy (non-hydrogen) atoms. The van der Waals surface area contributed by atoms with Gasteiger partial charge in [-0.3, -0.25) is 14.4 Å². The van der Waals surface area contributed by atoms with Gasteiger partial charge in [0, 0.05) is 15.8 Å². The standard InChI is InChI=1S/C29H20ClF3N2O5S2/c1-39-20-11-15(8-9-19(20)40-13-14-4-2-6-17(30)10-14)21-22-24(41-25-23(21)42-28(38)34-25)27(37)35(26(22)36)18-7-3-5-16(12-18)29(31,32)33/h2-12,21-22,24H,13H2,1H3,(H,34,38)/t21-,22-,24+/m0/s1. The topological polar surface area (TPSA) is 88.7 Å². The van der Waals surface area contributed by atoms with Gasteiger partial charge >= 0.3 is 11.0 Å². The van der Waals surface area contributed by atoms with Gasteiger partial charge < -0.3 is 14.5 Å². The van der Waals surface area contributed by atoms with Gasteiger partial charge in [-0.15, -0.1) is 0 Å². The Bertz CT molecular complexity index is 1770. The Hall–Kier alpha value is -3.74. The van der Waals surface area contributed by atoms with Crippen LogP contribution in [0, 0.1) is 5.92 Å². The minimum atomic E-state index is -4.65. The summed E-state index contributed by atoms with van der Waals surface area (Å²) in [6.07, 6.45) is -4.65. The highest BCUT2D eigenvalue weighted by Gasteiger charge is 2.56. The summed E-state index contributed by atoms with van der Waals surface area (Å²) in [4.78, 5) is 43.6. The third-order valence-corrected chi connectivity index (χ3v) is 9.72. The maximum Gasteiger partial charge on any atom is 0.416 e. The molecular formula is C29H20ClF3N2O5S2. The molecule has 216 valence electrons. The van der Waals surface area contributed by atoms with Crippen molar-refractivity contribution in [1.29, 1.82) is 0 Å². The molecule has 3 atom stereocenters. The van der Waals surface area contributed by atoms with E-state index in [9.17, 15) is 27.6 Å². The number of alkyl halides is 3. The van der Waals surface area contributed by atoms with Crippen molar-refractivity contribution in [2.45, 2.75) is 29.0 Å². The Balaban J connectivity index is 1.38. The molecule has 0 saturated carbocycles. The summed E-state index contributed by atoms with van der Waals surface area (Å²) in [6, 6.07) is 16.4. The van der Waals surface area contributed by atoms with Crippen LogP contribution in [0.15, 0.2) is 76.6 Å². The molecule has 1 fully saturated rings. The zero-order valence-electron chi connectivity index (χ0n) is 21.6. The number of thioether (sulfide) groups is 1. The van der Waals surface area contributed by atoms with Crippen molar-refractivity contribution in [2.75, 3.05) is 12.0 Å². The summed E-state index contributed by atoms with van der Waals surface area (Å²) < 4.78 is 51.8. The maximum absolute atomic E-state index is 13.9. The fourth-order valence-electron chi connectivity index (χ4n) is 5.24. The first kappa shape index (κ1) is 28.4. The van der Waals surface area contributed by atoms with Crippen molar-refractivity contribution in [3.63, 3.8) is 0 Å². The third-order valence-electron chi connectivity index (χ3n) is 7.09. The molecule has 13 heteroatoms. The van der Waals surface area contributed by atoms with Crippen LogP contribution in [0.3, 0.4) is 0 Å². The molecule has 3 aromatic carbocycles. The lowest BCUT2D eigenvalue weighted by atomic mass is 9.83. The molecule has 0 aliphatic carbocycles. The quantitative estimate of drug-likeness (QED) is 0.245. The lowest BCUT2D eigenvalue weighted by Gasteiger charge is -2.30. The van der Waals surface area contributed by atoms with Gasteiger partial charge in [0.15, 0.2) is 11.5 Å². The van der Waals surface area contributed by atoms with Gasteiger partial charge in [-0.2, -0.15) is 13.2 Å². The summed E-state index contributed by atoms with van der Waals surface area (Å²) in [6.45, 7) is 0.212. The van der Waals surface area contributed by atoms with E-state index in [2.05, 4.69) is 4.98 Å². The Kier molecular flexibility index (Phi) is 7.32. The average Bonchev–Trinajstić information content (AvgIpc) is 3.45. The first-order valence-electron chi connectivity index (χ1n) is 12.5. The number of aromatic nitrogens is 1. The van der Waals surface area contributed by atoms with E-state index in [1.807, 2.05) is 6.07 Å². The van der Waals surface area contributed by atoms with Crippen molar-refractivity contribution in [3.05, 3.63) is 103 Å². The number of nitrogens with zero attached hydrogens (tertiary/aromatic N) is 1. The Morgan fingerprint density at radius 3 is 2.50 bits per heavy atom. The van der Waals surface area contributed by atoms with E-state index in [0.717, 1.165) is 51.8 Å². The fourth-order valence-corrected chi connectivity index (χ4v) is 7.96. The van der Waals surface area contributed by atoms with Crippen LogP contribution in [0.1, 0.15) is 27.5 Å². The molecule has 1 N–H and O–H groups in total. The normalized spacial score (nSPS) is 19.9. The number of hydrogen-bond acceptors (Lipinski definition) is 7. The second-order valence-electron chi connectivity index (χ2n) is 9.64. The predicted molar refractivity (Wildman–Crippen MR) is 153 cm³/mol. The highest BCUT2D eigenvalue weighted by molar-refractivity contribution is 8.00. The third kappa shape index (κ3) is 5.07. The zero-order valence-corrected chi connectivity index (χ0v) is 24.0. The number of imide groups is 1. The van der Waals surface area contributed by atoms with Crippen LogP contribution in [0.2, 0.25) is 5.02 Å². The monoisotopic (exact) mass is 632 g/mol. The number of benzene rings is 3. The zero-order chi connectivity index (χ0) is 29.8. The number of ether oxygens (including phenoxy) is 2. The van der Waals surface area contributed by atoms with Crippen LogP contribution in [0.25, 0.3) is 0 Å². The number of fused-ring (bicyclic) bond motifs is 2. The molecule has 1 aromatic heterocycles. The number of aromatic amines is 1. The van der Waals surface area contributed by atoms with Crippen LogP contribution in [-0.2, 0) is 22.4 Å². The van der Waals surface area contributed by atoms with Gasteiger partial charge in [-0.25, -0.2) is 4.90 Å². The Labute approximate surface area is 250 Å². The molecule has 0 unspecified atom stereocenters. The SMILES string of the molecule is COc1cc([C@@H]2c3sc(=O)[nH]c3S[C@H]3C(=O)N(c4cccc(C(F)(F)F)c4)C(=O)[C@@H]23)ccc1OCc1cccc(Cl)c1. The van der Waals surface area contributed by atoms with Gasteiger partial charge in [0.2, 0.25) is 11.8 Å². The maximum atomic E-state index is 13.9. The van der Waals surface area contributed by atoms with E-state index in [-0.39, 0.29) is 17.2 Å². The number of H-pyrrole nitrogens is 1. The van der Waals surface area contributed by atoms with Gasteiger partial charge in [0.05, 0.1) is 29.3 Å². The summed E-state index contributed by atoms with van der Waals surface area (Å²) in [5.74, 6) is -2.22. The fraction of sp³-hybridized carbons (Fsp3) is 0.207. The van der Waals surface area contributed by atoms with Crippen molar-refractivity contribution in [1.82, 2.24) is 4.98 Å². The van der Waals surface area contributed by atoms with Gasteiger partial charge in [0.1, 0.15) is 11.9 Å². The molecule has 3 heterocycles. The number of nitrogens with one attached hydrogen (secondary N) is 1. The minimum Gasteiger partial charge on any atom is -0.493 e. The average molecular weight is 633 g/mol. The number of amides is 2. The summed E-state index contributed by atoms with van der Waals surface area (Å²) in [7, 11) is 1.46. The van der Waals surface area contributed by atoms with Crippen molar-refractivity contribution in [3.8, 4) is 11.5 Å². The van der Waals surface area contributed by atoms with E-state index in [1.54, 1.807) is 36.4 Å². The first-order valence-corrected chi connectivity index (χ1v) is 14.6. The number of rotatable bonds is 6. The smallest absolute Gasteiger partial charge is 0.416 e. The van der Waals surface area contributed by atoms with Gasteiger partial charge in [0.25, 0.3) is 0 Å². The van der Waals surface area contributed by atoms with Crippen molar-refractivity contribution >= 4 is 52.2 Å². The second-order valence-corrected chi connectivity index (χ2v) is 12.2. The highest BCUT2D eigenvalue weighted by atomic mass is 35.5. The molecule has 0 spiro atoms. The predicted octanol–water partition coefficient (Wildman–Crippen LogP) is 6.49. The molecular weight excluding hydrogens is 613 g/mol. The van der Waals surface area contributed by atoms with Crippen LogP contribution < -0.4 is 19.2 Å². The molecule has 2 aliphatic rings. The van der Waals surface area contributed by atoms with Crippen molar-refractivity contribution in [2.24, 2.45) is 5.92 Å². The summed E-state index contributed by atoms with van der Waals surface area (Å²) >= 11 is 8.04. The molecule has 4 aromatic rings. The molecule has 7 nitrogen and oxygen atoms in total. The Morgan fingerprint density at radius 2 is 1.76 bits per heavy atom. The van der Waals surface area contributed by atoms with Gasteiger partial charge in [-0.1, -0.05) is 59.0 Å². The number of halogens is 4. The number of anilines is 1. The number of methoxy groups -OCH3 is 1. The van der Waals surface area contributed by atoms with Crippen molar-refractivity contribution < 1.29 is 32.2 Å². The number of carbonyl (C=O) groups excluding carboxylic acids is 2. The first-order chi connectivity index (χ1) is 20.0. The lowest BCUT2D eigenvalue weighted by molar-refractivity contribution is -0.137. The van der Waals surface area contributed by atoms with E-state index >= 15 is 0 Å². The molecule has 6 rings (SSSR count). The minimum absolute atomic E-state index is 0.159. The number of hydrogen-bond donors (Lipinski definition) is 1. The molecule has 0 radical (unpaired) electrons. The van der Waals surface area contributed by atoms with E-state index in [1.165, 1.54) is 13.2 Å². The highest BCUT2D eigenvalue weighted by Crippen LogP contribution is 2.54. The molecule has 2 aliphatic heterocycles. The Morgan fingerprint density at radius 1 is 0.976 bits per heavy atom.